The van der Waals surface area contributed by atoms with Gasteiger partial charge in [0, 0.05) is 13.1 Å². The van der Waals surface area contributed by atoms with Crippen LogP contribution in [0.25, 0.3) is 0 Å². The minimum atomic E-state index is -0.864. The van der Waals surface area contributed by atoms with Crippen molar-refractivity contribution in [1.82, 2.24) is 9.13 Å². The second-order valence-corrected chi connectivity index (χ2v) is 6.18. The molecule has 27 heavy (non-hydrogen) atoms. The topological polar surface area (TPSA) is 87.1 Å². The van der Waals surface area contributed by atoms with Crippen LogP contribution in [0.1, 0.15) is 11.1 Å². The molecule has 0 atom stereocenters. The van der Waals surface area contributed by atoms with Gasteiger partial charge in [0.15, 0.2) is 0 Å². The van der Waals surface area contributed by atoms with Gasteiger partial charge in [0.1, 0.15) is 0 Å². The second-order valence-electron chi connectivity index (χ2n) is 6.18. The summed E-state index contributed by atoms with van der Waals surface area (Å²) in [5.74, 6) is 0. The summed E-state index contributed by atoms with van der Waals surface area (Å²) in [7, 11) is 0. The molecular weight excluding hydrogens is 346 g/mol. The fourth-order valence-electron chi connectivity index (χ4n) is 2.90. The molecule has 3 rings (SSSR count). The van der Waals surface area contributed by atoms with Gasteiger partial charge >= 0.3 is 16.9 Å². The van der Waals surface area contributed by atoms with Crippen LogP contribution in [0.2, 0.25) is 0 Å². The van der Waals surface area contributed by atoms with Crippen molar-refractivity contribution in [3.8, 4) is 0 Å². The third-order valence-electron chi connectivity index (χ3n) is 4.37. The van der Waals surface area contributed by atoms with Crippen molar-refractivity contribution in [2.75, 3.05) is 0 Å². The standard InChI is InChI=1S/C20H19N3O4/c24-19-18(23(26)27)15-21(13-11-16-7-3-1-4-8-16)20(25)22(19)14-12-17-9-5-2-6-10-17/h1-10,15H,11-14H2. The molecule has 3 aromatic rings. The van der Waals surface area contributed by atoms with Crippen LogP contribution < -0.4 is 11.2 Å². The maximum Gasteiger partial charge on any atom is 0.350 e. The predicted molar refractivity (Wildman–Crippen MR) is 102 cm³/mol. The molecule has 7 nitrogen and oxygen atoms in total. The quantitative estimate of drug-likeness (QED) is 0.475. The second kappa shape index (κ2) is 8.27. The average molecular weight is 365 g/mol. The van der Waals surface area contributed by atoms with Gasteiger partial charge in [0.2, 0.25) is 0 Å². The van der Waals surface area contributed by atoms with Gasteiger partial charge in [-0.2, -0.15) is 0 Å². The third-order valence-corrected chi connectivity index (χ3v) is 4.37. The zero-order valence-electron chi connectivity index (χ0n) is 14.7. The molecule has 1 heterocycles. The van der Waals surface area contributed by atoms with Crippen LogP contribution in [-0.4, -0.2) is 14.1 Å². The zero-order chi connectivity index (χ0) is 19.2. The van der Waals surface area contributed by atoms with Crippen LogP contribution in [-0.2, 0) is 25.9 Å². The Morgan fingerprint density at radius 3 is 1.85 bits per heavy atom. The Hall–Kier alpha value is -3.48. The van der Waals surface area contributed by atoms with E-state index in [9.17, 15) is 19.7 Å². The van der Waals surface area contributed by atoms with E-state index in [4.69, 9.17) is 0 Å². The molecule has 0 aliphatic heterocycles. The molecule has 0 bridgehead atoms. The Morgan fingerprint density at radius 2 is 1.33 bits per heavy atom. The SMILES string of the molecule is O=c1c([N+](=O)[O-])cn(CCc2ccccc2)c(=O)n1CCc1ccccc1. The van der Waals surface area contributed by atoms with Gasteiger partial charge in [-0.25, -0.2) is 4.79 Å². The Bertz CT molecular complexity index is 1040. The Morgan fingerprint density at radius 1 is 0.815 bits per heavy atom. The lowest BCUT2D eigenvalue weighted by Gasteiger charge is -2.10. The number of benzene rings is 2. The van der Waals surface area contributed by atoms with E-state index in [0.717, 1.165) is 21.9 Å². The van der Waals surface area contributed by atoms with E-state index in [1.807, 2.05) is 60.7 Å². The van der Waals surface area contributed by atoms with E-state index in [0.29, 0.717) is 12.8 Å². The molecule has 0 spiro atoms. The third kappa shape index (κ3) is 4.38. The lowest BCUT2D eigenvalue weighted by Crippen LogP contribution is -2.41. The molecule has 0 saturated carbocycles. The van der Waals surface area contributed by atoms with Gasteiger partial charge < -0.3 is 0 Å². The van der Waals surface area contributed by atoms with Gasteiger partial charge in [-0.05, 0) is 24.0 Å². The highest BCUT2D eigenvalue weighted by atomic mass is 16.6. The summed E-state index contributed by atoms with van der Waals surface area (Å²) < 4.78 is 2.20. The summed E-state index contributed by atoms with van der Waals surface area (Å²) in [6.45, 7) is 0.351. The fraction of sp³-hybridized carbons (Fsp3) is 0.200. The maximum atomic E-state index is 12.7. The number of nitrogens with zero attached hydrogens (tertiary/aromatic N) is 3. The van der Waals surface area contributed by atoms with E-state index < -0.39 is 21.9 Å². The first kappa shape index (κ1) is 18.3. The van der Waals surface area contributed by atoms with E-state index in [-0.39, 0.29) is 13.1 Å². The van der Waals surface area contributed by atoms with E-state index in [1.54, 1.807) is 0 Å². The van der Waals surface area contributed by atoms with Crippen molar-refractivity contribution < 1.29 is 4.92 Å². The molecule has 0 fully saturated rings. The van der Waals surface area contributed by atoms with Gasteiger partial charge in [0.05, 0.1) is 11.1 Å². The van der Waals surface area contributed by atoms with E-state index >= 15 is 0 Å². The molecule has 138 valence electrons. The minimum absolute atomic E-state index is 0.0920. The molecule has 7 heteroatoms. The molecule has 2 aromatic carbocycles. The van der Waals surface area contributed by atoms with Crippen LogP contribution in [0.3, 0.4) is 0 Å². The normalized spacial score (nSPS) is 10.7. The maximum absolute atomic E-state index is 12.7. The summed E-state index contributed by atoms with van der Waals surface area (Å²) in [6.07, 6.45) is 2.03. The van der Waals surface area contributed by atoms with Gasteiger partial charge in [-0.3, -0.25) is 24.0 Å². The van der Waals surface area contributed by atoms with Crippen molar-refractivity contribution in [2.45, 2.75) is 25.9 Å². The number of aromatic nitrogens is 2. The van der Waals surface area contributed by atoms with Crippen LogP contribution in [0, 0.1) is 10.1 Å². The first-order chi connectivity index (χ1) is 13.1. The highest BCUT2D eigenvalue weighted by Gasteiger charge is 2.19. The summed E-state index contributed by atoms with van der Waals surface area (Å²) in [4.78, 5) is 35.6. The number of hydrogen-bond donors (Lipinski definition) is 0. The largest absolute Gasteiger partial charge is 0.350 e. The van der Waals surface area contributed by atoms with E-state index in [2.05, 4.69) is 0 Å². The summed E-state index contributed by atoms with van der Waals surface area (Å²) in [5, 5.41) is 11.3. The molecule has 0 saturated heterocycles. The average Bonchev–Trinajstić information content (AvgIpc) is 2.68. The molecule has 0 radical (unpaired) electrons. The Kier molecular flexibility index (Phi) is 5.61. The predicted octanol–water partition coefficient (Wildman–Crippen LogP) is 2.40. The van der Waals surface area contributed by atoms with Gasteiger partial charge in [-0.15, -0.1) is 0 Å². The first-order valence-electron chi connectivity index (χ1n) is 8.63. The number of nitro groups is 1. The van der Waals surface area contributed by atoms with Crippen molar-refractivity contribution >= 4 is 5.69 Å². The molecule has 1 aromatic heterocycles. The number of rotatable bonds is 7. The Labute approximate surface area is 155 Å². The summed E-state index contributed by atoms with van der Waals surface area (Å²) in [5.41, 5.74) is -0.0229. The van der Waals surface area contributed by atoms with Gasteiger partial charge in [0.25, 0.3) is 0 Å². The highest BCUT2D eigenvalue weighted by molar-refractivity contribution is 5.23. The molecule has 0 aliphatic rings. The van der Waals surface area contributed by atoms with Crippen molar-refractivity contribution in [3.63, 3.8) is 0 Å². The lowest BCUT2D eigenvalue weighted by molar-refractivity contribution is -0.387. The number of aryl methyl sites for hydroxylation is 3. The smallest absolute Gasteiger partial charge is 0.293 e. The van der Waals surface area contributed by atoms with Crippen LogP contribution in [0.4, 0.5) is 5.69 Å². The van der Waals surface area contributed by atoms with Crippen LogP contribution >= 0.6 is 0 Å². The first-order valence-corrected chi connectivity index (χ1v) is 8.63. The minimum Gasteiger partial charge on any atom is -0.293 e. The summed E-state index contributed by atoms with van der Waals surface area (Å²) >= 11 is 0. The van der Waals surface area contributed by atoms with Crippen LogP contribution in [0.15, 0.2) is 76.4 Å². The molecule has 0 aliphatic carbocycles. The monoisotopic (exact) mass is 365 g/mol. The van der Waals surface area contributed by atoms with Crippen LogP contribution in [0.5, 0.6) is 0 Å². The lowest BCUT2D eigenvalue weighted by atomic mass is 10.1. The fourth-order valence-corrected chi connectivity index (χ4v) is 2.90. The van der Waals surface area contributed by atoms with Crippen molar-refractivity contribution in [3.05, 3.63) is 109 Å². The summed E-state index contributed by atoms with van der Waals surface area (Å²) in [6, 6.07) is 18.9. The highest BCUT2D eigenvalue weighted by Crippen LogP contribution is 2.05. The molecule has 0 unspecified atom stereocenters. The van der Waals surface area contributed by atoms with E-state index in [1.165, 1.54) is 4.57 Å². The molecular formula is C20H19N3O4. The van der Waals surface area contributed by atoms with Crippen molar-refractivity contribution in [1.29, 1.82) is 0 Å². The molecule has 0 N–H and O–H groups in total. The molecule has 0 amide bonds. The van der Waals surface area contributed by atoms with Gasteiger partial charge in [-0.1, -0.05) is 60.7 Å². The zero-order valence-corrected chi connectivity index (χ0v) is 14.7. The Balaban J connectivity index is 1.91. The number of hydrogen-bond acceptors (Lipinski definition) is 4. The van der Waals surface area contributed by atoms with Crippen molar-refractivity contribution in [2.24, 2.45) is 0 Å².